The topological polar surface area (TPSA) is 45.7 Å². The summed E-state index contributed by atoms with van der Waals surface area (Å²) >= 11 is 0. The van der Waals surface area contributed by atoms with E-state index in [4.69, 9.17) is 0 Å². The summed E-state index contributed by atoms with van der Waals surface area (Å²) in [7, 11) is 0. The highest BCUT2D eigenvalue weighted by atomic mass is 19.1. The van der Waals surface area contributed by atoms with Crippen LogP contribution in [0.5, 0.6) is 0 Å². The van der Waals surface area contributed by atoms with Crippen LogP contribution in [-0.4, -0.2) is 18.0 Å². The molecule has 1 rings (SSSR count). The summed E-state index contributed by atoms with van der Waals surface area (Å²) in [6.45, 7) is 6.48. The average Bonchev–Trinajstić information content (AvgIpc) is 2.18. The Morgan fingerprint density at radius 2 is 1.88 bits per heavy atom. The Labute approximate surface area is 95.0 Å². The molecule has 88 valence electrons. The molecule has 0 fully saturated rings. The molecule has 0 atom stereocenters. The Balaban J connectivity index is 2.43. The molecule has 0 heterocycles. The van der Waals surface area contributed by atoms with E-state index in [1.165, 1.54) is 12.1 Å². The predicted molar refractivity (Wildman–Crippen MR) is 61.6 cm³/mol. The Kier molecular flexibility index (Phi) is 4.01. The SMILES string of the molecule is CC(C)(C)[NH2+]CC(=O)Nc1ccc(F)cc1. The van der Waals surface area contributed by atoms with E-state index in [2.05, 4.69) is 5.32 Å². The minimum Gasteiger partial charge on any atom is -0.334 e. The lowest BCUT2D eigenvalue weighted by atomic mass is 10.1. The third kappa shape index (κ3) is 4.89. The van der Waals surface area contributed by atoms with Crippen LogP contribution in [0.1, 0.15) is 20.8 Å². The van der Waals surface area contributed by atoms with E-state index < -0.39 is 0 Å². The average molecular weight is 225 g/mol. The second kappa shape index (κ2) is 5.07. The van der Waals surface area contributed by atoms with Gasteiger partial charge in [0.2, 0.25) is 0 Å². The van der Waals surface area contributed by atoms with Crippen LogP contribution in [0.4, 0.5) is 10.1 Å². The largest absolute Gasteiger partial charge is 0.334 e. The normalized spacial score (nSPS) is 11.2. The van der Waals surface area contributed by atoms with E-state index in [1.807, 2.05) is 26.1 Å². The highest BCUT2D eigenvalue weighted by Crippen LogP contribution is 2.07. The molecule has 3 nitrogen and oxygen atoms in total. The number of carbonyl (C=O) groups excluding carboxylic acids is 1. The van der Waals surface area contributed by atoms with Crippen LogP contribution in [0.15, 0.2) is 24.3 Å². The van der Waals surface area contributed by atoms with Crippen LogP contribution in [0.2, 0.25) is 0 Å². The zero-order valence-corrected chi connectivity index (χ0v) is 9.88. The fourth-order valence-electron chi connectivity index (χ4n) is 1.14. The van der Waals surface area contributed by atoms with E-state index in [0.29, 0.717) is 12.2 Å². The summed E-state index contributed by atoms with van der Waals surface area (Å²) in [5, 5.41) is 4.66. The molecule has 0 aliphatic rings. The summed E-state index contributed by atoms with van der Waals surface area (Å²) in [4.78, 5) is 11.5. The maximum absolute atomic E-state index is 12.6. The third-order valence-corrected chi connectivity index (χ3v) is 2.03. The van der Waals surface area contributed by atoms with Crippen molar-refractivity contribution in [3.05, 3.63) is 30.1 Å². The number of nitrogens with one attached hydrogen (secondary N) is 1. The zero-order chi connectivity index (χ0) is 12.2. The Hall–Kier alpha value is -1.42. The lowest BCUT2D eigenvalue weighted by Crippen LogP contribution is -2.95. The summed E-state index contributed by atoms with van der Waals surface area (Å²) in [6.07, 6.45) is 0. The van der Waals surface area contributed by atoms with Crippen LogP contribution >= 0.6 is 0 Å². The monoisotopic (exact) mass is 225 g/mol. The molecular weight excluding hydrogens is 207 g/mol. The van der Waals surface area contributed by atoms with Gasteiger partial charge in [0.25, 0.3) is 5.91 Å². The molecule has 0 saturated carbocycles. The molecule has 1 aromatic rings. The first-order chi connectivity index (χ1) is 7.37. The van der Waals surface area contributed by atoms with Gasteiger partial charge in [-0.1, -0.05) is 0 Å². The van der Waals surface area contributed by atoms with Gasteiger partial charge < -0.3 is 10.6 Å². The van der Waals surface area contributed by atoms with Gasteiger partial charge in [-0.25, -0.2) is 4.39 Å². The van der Waals surface area contributed by atoms with Crippen molar-refractivity contribution in [3.63, 3.8) is 0 Å². The molecule has 0 aromatic heterocycles. The molecular formula is C12H18FN2O+. The van der Waals surface area contributed by atoms with Gasteiger partial charge >= 0.3 is 0 Å². The van der Waals surface area contributed by atoms with Crippen molar-refractivity contribution >= 4 is 11.6 Å². The molecule has 3 N–H and O–H groups in total. The quantitative estimate of drug-likeness (QED) is 0.795. The molecule has 1 amide bonds. The number of hydrogen-bond acceptors (Lipinski definition) is 1. The fourth-order valence-corrected chi connectivity index (χ4v) is 1.14. The van der Waals surface area contributed by atoms with E-state index in [1.54, 1.807) is 12.1 Å². The number of rotatable bonds is 3. The van der Waals surface area contributed by atoms with Gasteiger partial charge in [-0.15, -0.1) is 0 Å². The number of quaternary nitrogens is 1. The predicted octanol–water partition coefficient (Wildman–Crippen LogP) is 1.13. The first-order valence-corrected chi connectivity index (χ1v) is 5.26. The molecule has 0 spiro atoms. The maximum Gasteiger partial charge on any atom is 0.279 e. The minimum atomic E-state index is -0.306. The van der Waals surface area contributed by atoms with Crippen LogP contribution in [0, 0.1) is 5.82 Å². The van der Waals surface area contributed by atoms with Crippen molar-refractivity contribution in [2.45, 2.75) is 26.3 Å². The molecule has 0 aliphatic carbocycles. The second-order valence-corrected chi connectivity index (χ2v) is 4.83. The summed E-state index contributed by atoms with van der Waals surface area (Å²) < 4.78 is 12.6. The van der Waals surface area contributed by atoms with Crippen molar-refractivity contribution < 1.29 is 14.5 Å². The highest BCUT2D eigenvalue weighted by molar-refractivity contribution is 5.91. The van der Waals surface area contributed by atoms with Gasteiger partial charge in [0.15, 0.2) is 6.54 Å². The van der Waals surface area contributed by atoms with Gasteiger partial charge in [-0.2, -0.15) is 0 Å². The maximum atomic E-state index is 12.6. The van der Waals surface area contributed by atoms with Gasteiger partial charge in [-0.05, 0) is 45.0 Å². The van der Waals surface area contributed by atoms with Crippen LogP contribution in [-0.2, 0) is 4.79 Å². The van der Waals surface area contributed by atoms with Crippen LogP contribution in [0.3, 0.4) is 0 Å². The smallest absolute Gasteiger partial charge is 0.279 e. The van der Waals surface area contributed by atoms with Gasteiger partial charge in [0, 0.05) is 5.69 Å². The standard InChI is InChI=1S/C12H17FN2O/c1-12(2,3)14-8-11(16)15-10-6-4-9(13)5-7-10/h4-7,14H,8H2,1-3H3,(H,15,16)/p+1. The van der Waals surface area contributed by atoms with Crippen molar-refractivity contribution in [3.8, 4) is 0 Å². The molecule has 0 aliphatic heterocycles. The molecule has 0 radical (unpaired) electrons. The zero-order valence-electron chi connectivity index (χ0n) is 9.88. The molecule has 0 unspecified atom stereocenters. The summed E-state index contributed by atoms with van der Waals surface area (Å²) in [5.74, 6) is -0.388. The van der Waals surface area contributed by atoms with Gasteiger partial charge in [-0.3, -0.25) is 4.79 Å². The van der Waals surface area contributed by atoms with E-state index in [0.717, 1.165) is 0 Å². The van der Waals surface area contributed by atoms with Crippen LogP contribution < -0.4 is 10.6 Å². The van der Waals surface area contributed by atoms with Gasteiger partial charge in [0.05, 0.1) is 5.54 Å². The van der Waals surface area contributed by atoms with Crippen LogP contribution in [0.25, 0.3) is 0 Å². The number of nitrogens with two attached hydrogens (primary N) is 1. The Bertz CT molecular complexity index is 354. The summed E-state index contributed by atoms with van der Waals surface area (Å²) in [6, 6.07) is 5.74. The minimum absolute atomic E-state index is 0.0279. The molecule has 1 aromatic carbocycles. The number of amides is 1. The summed E-state index contributed by atoms with van der Waals surface area (Å²) in [5.41, 5.74) is 0.647. The molecule has 16 heavy (non-hydrogen) atoms. The van der Waals surface area contributed by atoms with Gasteiger partial charge in [0.1, 0.15) is 5.82 Å². The number of halogens is 1. The number of carbonyl (C=O) groups is 1. The number of hydrogen-bond donors (Lipinski definition) is 2. The fraction of sp³-hybridized carbons (Fsp3) is 0.417. The Morgan fingerprint density at radius 1 is 1.31 bits per heavy atom. The first kappa shape index (κ1) is 12.6. The van der Waals surface area contributed by atoms with Crippen molar-refractivity contribution in [1.29, 1.82) is 0 Å². The van der Waals surface area contributed by atoms with E-state index in [-0.39, 0.29) is 17.3 Å². The Morgan fingerprint density at radius 3 is 2.38 bits per heavy atom. The van der Waals surface area contributed by atoms with E-state index >= 15 is 0 Å². The van der Waals surface area contributed by atoms with Crippen molar-refractivity contribution in [1.82, 2.24) is 0 Å². The number of anilines is 1. The van der Waals surface area contributed by atoms with Crippen molar-refractivity contribution in [2.75, 3.05) is 11.9 Å². The first-order valence-electron chi connectivity index (χ1n) is 5.26. The third-order valence-electron chi connectivity index (χ3n) is 2.03. The number of benzene rings is 1. The van der Waals surface area contributed by atoms with E-state index in [9.17, 15) is 9.18 Å². The molecule has 0 saturated heterocycles. The molecule has 0 bridgehead atoms. The second-order valence-electron chi connectivity index (χ2n) is 4.83. The molecule has 4 heteroatoms. The lowest BCUT2D eigenvalue weighted by molar-refractivity contribution is -0.707. The lowest BCUT2D eigenvalue weighted by Gasteiger charge is -2.16. The highest BCUT2D eigenvalue weighted by Gasteiger charge is 2.15. The van der Waals surface area contributed by atoms with Crippen molar-refractivity contribution in [2.24, 2.45) is 0 Å².